The molecule has 1 aromatic rings. The van der Waals surface area contributed by atoms with Gasteiger partial charge >= 0.3 is 6.36 Å². The molecule has 0 atom stereocenters. The quantitative estimate of drug-likeness (QED) is 0.283. The molecule has 40 heavy (non-hydrogen) atoms. The van der Waals surface area contributed by atoms with Crippen molar-refractivity contribution in [3.05, 3.63) is 71.2 Å². The standard InChI is InChI=1S/C30H35F3N4O3/c1-5-7-9-25(23-11-13-24(14-12-23)40-30(31,32)33)26-16-22(6-2)17-36(4)28(26)35-21(3)29(18-34)19-37(20-29)27(39)10-8-15-38/h8-14,17,38H,5-7,15-16,19-20H2,1-4H3/b10-8+,25-9+,35-21+. The van der Waals surface area contributed by atoms with Crippen LogP contribution in [0, 0.1) is 16.7 Å². The Bertz CT molecular complexity index is 1280. The molecule has 1 amide bonds. The van der Waals surface area contributed by atoms with E-state index in [0.717, 1.165) is 36.0 Å². The summed E-state index contributed by atoms with van der Waals surface area (Å²) in [5.74, 6) is 0.0749. The lowest BCUT2D eigenvalue weighted by Crippen LogP contribution is -2.60. The van der Waals surface area contributed by atoms with E-state index in [1.165, 1.54) is 34.8 Å². The summed E-state index contributed by atoms with van der Waals surface area (Å²) in [4.78, 5) is 20.7. The van der Waals surface area contributed by atoms with Gasteiger partial charge in [0.25, 0.3) is 0 Å². The number of nitrogens with zero attached hydrogens (tertiary/aromatic N) is 4. The lowest BCUT2D eigenvalue weighted by molar-refractivity contribution is -0.274. The summed E-state index contributed by atoms with van der Waals surface area (Å²) >= 11 is 0. The molecule has 3 rings (SSSR count). The first kappa shape index (κ1) is 30.7. The van der Waals surface area contributed by atoms with Gasteiger partial charge in [-0.3, -0.25) is 4.79 Å². The number of aliphatic hydroxyl groups excluding tert-OH is 1. The van der Waals surface area contributed by atoms with Gasteiger partial charge in [-0.15, -0.1) is 13.2 Å². The minimum Gasteiger partial charge on any atom is -0.406 e. The molecule has 1 fully saturated rings. The van der Waals surface area contributed by atoms with E-state index in [9.17, 15) is 23.2 Å². The predicted octanol–water partition coefficient (Wildman–Crippen LogP) is 5.97. The van der Waals surface area contributed by atoms with Gasteiger partial charge < -0.3 is 19.6 Å². The molecule has 0 radical (unpaired) electrons. The number of aliphatic imine (C=N–C) groups is 1. The minimum absolute atomic E-state index is 0.189. The van der Waals surface area contributed by atoms with Crippen molar-refractivity contribution >= 4 is 17.2 Å². The fraction of sp³-hybridized carbons (Fsp3) is 0.433. The zero-order valence-corrected chi connectivity index (χ0v) is 23.3. The Kier molecular flexibility index (Phi) is 9.98. The van der Waals surface area contributed by atoms with Crippen LogP contribution < -0.4 is 4.74 Å². The lowest BCUT2D eigenvalue weighted by atomic mass is 9.77. The van der Waals surface area contributed by atoms with Crippen molar-refractivity contribution in [2.24, 2.45) is 10.4 Å². The van der Waals surface area contributed by atoms with Gasteiger partial charge in [0.15, 0.2) is 0 Å². The van der Waals surface area contributed by atoms with E-state index in [4.69, 9.17) is 10.1 Å². The smallest absolute Gasteiger partial charge is 0.406 e. The second-order valence-electron chi connectivity index (χ2n) is 9.88. The van der Waals surface area contributed by atoms with E-state index in [1.807, 2.05) is 25.1 Å². The fourth-order valence-corrected chi connectivity index (χ4v) is 4.68. The highest BCUT2D eigenvalue weighted by molar-refractivity contribution is 5.97. The Hall–Kier alpha value is -3.84. The number of carbonyl (C=O) groups excluding carboxylic acids is 1. The number of alkyl halides is 3. The van der Waals surface area contributed by atoms with Crippen LogP contribution >= 0.6 is 0 Å². The van der Waals surface area contributed by atoms with E-state index < -0.39 is 11.8 Å². The first-order valence-electron chi connectivity index (χ1n) is 13.2. The number of likely N-dealkylation sites (tertiary alicyclic amines) is 1. The summed E-state index contributed by atoms with van der Waals surface area (Å²) < 4.78 is 42.2. The van der Waals surface area contributed by atoms with Gasteiger partial charge in [0.05, 0.1) is 12.7 Å². The minimum atomic E-state index is -4.77. The molecular weight excluding hydrogens is 521 g/mol. The molecule has 2 aliphatic heterocycles. The van der Waals surface area contributed by atoms with Crippen molar-refractivity contribution in [1.82, 2.24) is 9.80 Å². The fourth-order valence-electron chi connectivity index (χ4n) is 4.68. The lowest BCUT2D eigenvalue weighted by Gasteiger charge is -2.45. The monoisotopic (exact) mass is 556 g/mol. The summed E-state index contributed by atoms with van der Waals surface area (Å²) in [7, 11) is 1.88. The van der Waals surface area contributed by atoms with Crippen molar-refractivity contribution in [3.8, 4) is 11.8 Å². The van der Waals surface area contributed by atoms with Gasteiger partial charge in [-0.1, -0.05) is 44.6 Å². The van der Waals surface area contributed by atoms with E-state index in [1.54, 1.807) is 19.1 Å². The van der Waals surface area contributed by atoms with Gasteiger partial charge in [0, 0.05) is 43.7 Å². The van der Waals surface area contributed by atoms with Crippen LogP contribution in [-0.2, 0) is 4.79 Å². The molecule has 0 spiro atoms. The molecule has 0 aromatic heterocycles. The number of unbranched alkanes of at least 4 members (excludes halogenated alkanes) is 1. The van der Waals surface area contributed by atoms with Crippen molar-refractivity contribution < 1.29 is 27.8 Å². The highest BCUT2D eigenvalue weighted by Crippen LogP contribution is 2.39. The van der Waals surface area contributed by atoms with Crippen molar-refractivity contribution in [1.29, 1.82) is 5.26 Å². The second-order valence-corrected chi connectivity index (χ2v) is 9.88. The molecule has 214 valence electrons. The number of ether oxygens (including phenoxy) is 1. The van der Waals surface area contributed by atoms with E-state index in [-0.39, 0.29) is 31.4 Å². The number of nitriles is 1. The second kappa shape index (κ2) is 13.0. The molecule has 10 heteroatoms. The number of amides is 1. The average Bonchev–Trinajstić information content (AvgIpc) is 2.88. The number of halogens is 3. The van der Waals surface area contributed by atoms with Crippen LogP contribution in [0.25, 0.3) is 5.57 Å². The number of benzene rings is 1. The molecule has 1 aromatic carbocycles. The number of allylic oxidation sites excluding steroid dienone is 4. The third kappa shape index (κ3) is 7.21. The van der Waals surface area contributed by atoms with E-state index in [2.05, 4.69) is 23.8 Å². The number of hydrogen-bond donors (Lipinski definition) is 1. The first-order valence-corrected chi connectivity index (χ1v) is 13.2. The predicted molar refractivity (Wildman–Crippen MR) is 148 cm³/mol. The number of hydrogen-bond acceptors (Lipinski definition) is 6. The zero-order valence-electron chi connectivity index (χ0n) is 23.3. The van der Waals surface area contributed by atoms with E-state index in [0.29, 0.717) is 18.0 Å². The maximum atomic E-state index is 12.7. The molecule has 7 nitrogen and oxygen atoms in total. The summed E-state index contributed by atoms with van der Waals surface area (Å²) in [5.41, 5.74) is 3.30. The summed E-state index contributed by atoms with van der Waals surface area (Å²) in [6, 6.07) is 8.17. The first-order chi connectivity index (χ1) is 19.0. The largest absolute Gasteiger partial charge is 0.573 e. The Morgan fingerprint density at radius 3 is 2.48 bits per heavy atom. The SMILES string of the molecule is CCC/C=C(C1=C(/N=C(\C)C2(C#N)CN(C(=O)/C=C/CO)C2)N(C)C=C(CC)C1)\c1ccc(OC(F)(F)F)cc1. The highest BCUT2D eigenvalue weighted by atomic mass is 19.4. The van der Waals surface area contributed by atoms with E-state index >= 15 is 0 Å². The molecule has 0 saturated carbocycles. The van der Waals surface area contributed by atoms with Crippen molar-refractivity contribution in [2.75, 3.05) is 26.7 Å². The number of rotatable bonds is 10. The maximum Gasteiger partial charge on any atom is 0.573 e. The Morgan fingerprint density at radius 2 is 1.93 bits per heavy atom. The molecule has 0 aliphatic carbocycles. The molecular formula is C30H35F3N4O3. The molecule has 2 heterocycles. The van der Waals surface area contributed by atoms with Crippen LogP contribution in [-0.4, -0.2) is 59.6 Å². The highest BCUT2D eigenvalue weighted by Gasteiger charge is 2.48. The third-order valence-electron chi connectivity index (χ3n) is 6.98. The van der Waals surface area contributed by atoms with Gasteiger partial charge in [-0.25, -0.2) is 4.99 Å². The molecule has 1 saturated heterocycles. The van der Waals surface area contributed by atoms with Crippen LogP contribution in [0.5, 0.6) is 5.75 Å². The summed E-state index contributed by atoms with van der Waals surface area (Å²) in [6.07, 6.45) is 5.00. The maximum absolute atomic E-state index is 12.7. The Labute approximate surface area is 233 Å². The van der Waals surface area contributed by atoms with Crippen LogP contribution in [0.3, 0.4) is 0 Å². The molecule has 0 unspecified atom stereocenters. The molecule has 2 aliphatic rings. The van der Waals surface area contributed by atoms with Gasteiger partial charge in [-0.05, 0) is 55.0 Å². The molecule has 1 N–H and O–H groups in total. The third-order valence-corrected chi connectivity index (χ3v) is 6.98. The van der Waals surface area contributed by atoms with Crippen LogP contribution in [0.4, 0.5) is 13.2 Å². The van der Waals surface area contributed by atoms with Crippen molar-refractivity contribution in [2.45, 2.75) is 52.8 Å². The van der Waals surface area contributed by atoms with Gasteiger partial charge in [0.2, 0.25) is 5.91 Å². The van der Waals surface area contributed by atoms with Crippen LogP contribution in [0.15, 0.2) is 70.7 Å². The van der Waals surface area contributed by atoms with Gasteiger partial charge in [-0.2, -0.15) is 5.26 Å². The molecule has 0 bridgehead atoms. The number of aliphatic hydroxyl groups is 1. The normalized spacial score (nSPS) is 18.0. The van der Waals surface area contributed by atoms with Crippen molar-refractivity contribution in [3.63, 3.8) is 0 Å². The average molecular weight is 557 g/mol. The number of carbonyl (C=O) groups is 1. The summed E-state index contributed by atoms with van der Waals surface area (Å²) in [6.45, 7) is 6.03. The van der Waals surface area contributed by atoms with Crippen LogP contribution in [0.1, 0.15) is 52.0 Å². The Balaban J connectivity index is 2.04. The topological polar surface area (TPSA) is 89.2 Å². The van der Waals surface area contributed by atoms with Gasteiger partial charge in [0.1, 0.15) is 17.0 Å². The van der Waals surface area contributed by atoms with Crippen LogP contribution in [0.2, 0.25) is 0 Å². The summed E-state index contributed by atoms with van der Waals surface area (Å²) in [5, 5.41) is 19.0. The zero-order chi connectivity index (χ0) is 29.5. The Morgan fingerprint density at radius 1 is 1.25 bits per heavy atom.